The number of carbonyl (C=O) groups is 1. The molecule has 0 bridgehead atoms. The van der Waals surface area contributed by atoms with Crippen molar-refractivity contribution in [2.24, 2.45) is 0 Å². The molecule has 21 heavy (non-hydrogen) atoms. The van der Waals surface area contributed by atoms with Crippen molar-refractivity contribution < 1.29 is 4.79 Å². The maximum absolute atomic E-state index is 11.6. The van der Waals surface area contributed by atoms with Gasteiger partial charge in [0.2, 0.25) is 0 Å². The van der Waals surface area contributed by atoms with Crippen LogP contribution in [0.2, 0.25) is 0 Å². The Balaban J connectivity index is 2.12. The fraction of sp³-hybridized carbons (Fsp3) is 0.235. The number of aryl methyl sites for hydroxylation is 1. The molecule has 0 unspecified atom stereocenters. The molecule has 2 rings (SSSR count). The van der Waals surface area contributed by atoms with Gasteiger partial charge in [0, 0.05) is 19.2 Å². The fourth-order valence-corrected chi connectivity index (χ4v) is 2.27. The molecule has 0 aliphatic rings. The maximum atomic E-state index is 11.6. The Kier molecular flexibility index (Phi) is 4.82. The summed E-state index contributed by atoms with van der Waals surface area (Å²) in [5.41, 5.74) is 10.6. The average Bonchev–Trinajstić information content (AvgIpc) is 2.53. The van der Waals surface area contributed by atoms with Crippen molar-refractivity contribution in [1.82, 2.24) is 5.32 Å². The summed E-state index contributed by atoms with van der Waals surface area (Å²) in [6.45, 7) is 2.86. The van der Waals surface area contributed by atoms with Crippen LogP contribution in [-0.2, 0) is 13.0 Å². The van der Waals surface area contributed by atoms with Gasteiger partial charge in [-0.2, -0.15) is 0 Å². The van der Waals surface area contributed by atoms with Crippen molar-refractivity contribution in [3.8, 4) is 0 Å². The van der Waals surface area contributed by atoms with Crippen molar-refractivity contribution in [3.05, 3.63) is 59.2 Å². The predicted molar refractivity (Wildman–Crippen MR) is 87.4 cm³/mol. The number of nitrogens with one attached hydrogen (secondary N) is 2. The average molecular weight is 283 g/mol. The number of amides is 1. The van der Waals surface area contributed by atoms with Crippen LogP contribution in [-0.4, -0.2) is 13.0 Å². The third kappa shape index (κ3) is 3.54. The van der Waals surface area contributed by atoms with Crippen LogP contribution in [0.1, 0.15) is 28.4 Å². The molecule has 4 N–H and O–H groups in total. The molecule has 1 amide bonds. The highest BCUT2D eigenvalue weighted by Crippen LogP contribution is 2.21. The van der Waals surface area contributed by atoms with E-state index in [2.05, 4.69) is 35.8 Å². The highest BCUT2D eigenvalue weighted by molar-refractivity contribution is 5.95. The second-order valence-corrected chi connectivity index (χ2v) is 4.86. The van der Waals surface area contributed by atoms with Gasteiger partial charge in [-0.1, -0.05) is 31.2 Å². The summed E-state index contributed by atoms with van der Waals surface area (Å²) in [6, 6.07) is 13.6. The molecule has 4 heteroatoms. The van der Waals surface area contributed by atoms with E-state index in [1.54, 1.807) is 19.2 Å². The second-order valence-electron chi connectivity index (χ2n) is 4.86. The van der Waals surface area contributed by atoms with Crippen LogP contribution in [0.4, 0.5) is 11.4 Å². The Hall–Kier alpha value is -2.49. The number of hydrogen-bond donors (Lipinski definition) is 3. The van der Waals surface area contributed by atoms with Crippen molar-refractivity contribution >= 4 is 17.3 Å². The molecule has 4 nitrogen and oxygen atoms in total. The molecule has 0 aromatic heterocycles. The van der Waals surface area contributed by atoms with Crippen LogP contribution in [0.3, 0.4) is 0 Å². The highest BCUT2D eigenvalue weighted by Gasteiger charge is 2.07. The summed E-state index contributed by atoms with van der Waals surface area (Å²) < 4.78 is 0. The zero-order chi connectivity index (χ0) is 15.2. The molecule has 0 saturated heterocycles. The summed E-state index contributed by atoms with van der Waals surface area (Å²) >= 11 is 0. The van der Waals surface area contributed by atoms with Gasteiger partial charge in [0.05, 0.1) is 11.4 Å². The van der Waals surface area contributed by atoms with Crippen LogP contribution in [0.15, 0.2) is 42.5 Å². The lowest BCUT2D eigenvalue weighted by molar-refractivity contribution is 0.0963. The lowest BCUT2D eigenvalue weighted by Gasteiger charge is -2.13. The van der Waals surface area contributed by atoms with Gasteiger partial charge in [-0.25, -0.2) is 0 Å². The van der Waals surface area contributed by atoms with Crippen LogP contribution in [0, 0.1) is 0 Å². The predicted octanol–water partition coefficient (Wildman–Crippen LogP) is 2.80. The first-order valence-electron chi connectivity index (χ1n) is 7.08. The largest absolute Gasteiger partial charge is 0.397 e. The van der Waals surface area contributed by atoms with E-state index in [1.165, 1.54) is 11.1 Å². The Morgan fingerprint density at radius 2 is 1.86 bits per heavy atom. The van der Waals surface area contributed by atoms with Crippen molar-refractivity contribution in [3.63, 3.8) is 0 Å². The van der Waals surface area contributed by atoms with E-state index < -0.39 is 0 Å². The number of anilines is 2. The normalized spacial score (nSPS) is 10.2. The van der Waals surface area contributed by atoms with E-state index in [1.807, 2.05) is 12.1 Å². The Labute approximate surface area is 125 Å². The molecular formula is C17H21N3O. The molecular weight excluding hydrogens is 262 g/mol. The lowest BCUT2D eigenvalue weighted by Crippen LogP contribution is -2.18. The van der Waals surface area contributed by atoms with Gasteiger partial charge in [-0.15, -0.1) is 0 Å². The monoisotopic (exact) mass is 283 g/mol. The van der Waals surface area contributed by atoms with Crippen LogP contribution >= 0.6 is 0 Å². The van der Waals surface area contributed by atoms with E-state index >= 15 is 0 Å². The van der Waals surface area contributed by atoms with Gasteiger partial charge < -0.3 is 16.4 Å². The minimum Gasteiger partial charge on any atom is -0.397 e. The van der Waals surface area contributed by atoms with E-state index in [-0.39, 0.29) is 5.91 Å². The molecule has 0 heterocycles. The SMILES string of the molecule is CCc1ccccc1CNc1ccc(C(=O)NC)cc1N. The summed E-state index contributed by atoms with van der Waals surface area (Å²) in [7, 11) is 1.60. The number of nitrogen functional groups attached to an aromatic ring is 1. The van der Waals surface area contributed by atoms with Gasteiger partial charge in [0.15, 0.2) is 0 Å². The molecule has 0 fully saturated rings. The smallest absolute Gasteiger partial charge is 0.251 e. The van der Waals surface area contributed by atoms with E-state index in [0.29, 0.717) is 17.8 Å². The number of nitrogens with two attached hydrogens (primary N) is 1. The van der Waals surface area contributed by atoms with Crippen molar-refractivity contribution in [1.29, 1.82) is 0 Å². The summed E-state index contributed by atoms with van der Waals surface area (Å²) in [4.78, 5) is 11.6. The van der Waals surface area contributed by atoms with Gasteiger partial charge in [-0.3, -0.25) is 4.79 Å². The quantitative estimate of drug-likeness (QED) is 0.739. The molecule has 2 aromatic carbocycles. The van der Waals surface area contributed by atoms with Crippen LogP contribution in [0.25, 0.3) is 0 Å². The second kappa shape index (κ2) is 6.79. The summed E-state index contributed by atoms with van der Waals surface area (Å²) in [5.74, 6) is -0.135. The molecule has 0 radical (unpaired) electrons. The third-order valence-electron chi connectivity index (χ3n) is 3.51. The van der Waals surface area contributed by atoms with Crippen LogP contribution in [0.5, 0.6) is 0 Å². The van der Waals surface area contributed by atoms with Crippen molar-refractivity contribution in [2.45, 2.75) is 19.9 Å². The minimum absolute atomic E-state index is 0.135. The van der Waals surface area contributed by atoms with Gasteiger partial charge in [0.25, 0.3) is 5.91 Å². The topological polar surface area (TPSA) is 67.2 Å². The standard InChI is InChI=1S/C17H21N3O/c1-3-12-6-4-5-7-14(12)11-20-16-9-8-13(10-15(16)18)17(21)19-2/h4-10,20H,3,11,18H2,1-2H3,(H,19,21). The minimum atomic E-state index is -0.135. The Bertz CT molecular complexity index is 638. The first kappa shape index (κ1) is 14.9. The van der Waals surface area contributed by atoms with Gasteiger partial charge in [-0.05, 0) is 35.7 Å². The summed E-state index contributed by atoms with van der Waals surface area (Å²) in [5, 5.41) is 5.92. The first-order chi connectivity index (χ1) is 10.2. The Morgan fingerprint density at radius 1 is 1.14 bits per heavy atom. The van der Waals surface area contributed by atoms with Gasteiger partial charge in [0.1, 0.15) is 0 Å². The number of benzene rings is 2. The van der Waals surface area contributed by atoms with Crippen LogP contribution < -0.4 is 16.4 Å². The van der Waals surface area contributed by atoms with Crippen molar-refractivity contribution in [2.75, 3.05) is 18.1 Å². The molecule has 0 saturated carbocycles. The van der Waals surface area contributed by atoms with E-state index in [4.69, 9.17) is 5.73 Å². The number of carbonyl (C=O) groups excluding carboxylic acids is 1. The molecule has 110 valence electrons. The Morgan fingerprint density at radius 3 is 2.48 bits per heavy atom. The first-order valence-corrected chi connectivity index (χ1v) is 7.08. The molecule has 0 atom stereocenters. The third-order valence-corrected chi connectivity index (χ3v) is 3.51. The van der Waals surface area contributed by atoms with Gasteiger partial charge >= 0.3 is 0 Å². The molecule has 0 spiro atoms. The fourth-order valence-electron chi connectivity index (χ4n) is 2.27. The lowest BCUT2D eigenvalue weighted by atomic mass is 10.1. The summed E-state index contributed by atoms with van der Waals surface area (Å²) in [6.07, 6.45) is 1.00. The van der Waals surface area contributed by atoms with E-state index in [0.717, 1.165) is 12.1 Å². The molecule has 0 aliphatic carbocycles. The van der Waals surface area contributed by atoms with E-state index in [9.17, 15) is 4.79 Å². The zero-order valence-corrected chi connectivity index (χ0v) is 12.4. The zero-order valence-electron chi connectivity index (χ0n) is 12.4. The number of hydrogen-bond acceptors (Lipinski definition) is 3. The highest BCUT2D eigenvalue weighted by atomic mass is 16.1. The molecule has 0 aliphatic heterocycles. The number of rotatable bonds is 5. The maximum Gasteiger partial charge on any atom is 0.251 e. The molecule has 2 aromatic rings.